The van der Waals surface area contributed by atoms with Gasteiger partial charge in [0.1, 0.15) is 17.2 Å². The SMILES string of the molecule is CCOc1ccc(-c2nc(-c3ccccc3)oc2C)cc1. The first-order valence-corrected chi connectivity index (χ1v) is 7.04. The molecular weight excluding hydrogens is 262 g/mol. The summed E-state index contributed by atoms with van der Waals surface area (Å²) in [6, 6.07) is 17.8. The van der Waals surface area contributed by atoms with Gasteiger partial charge in [-0.15, -0.1) is 0 Å². The van der Waals surface area contributed by atoms with Crippen molar-refractivity contribution in [2.75, 3.05) is 6.61 Å². The molecule has 3 nitrogen and oxygen atoms in total. The van der Waals surface area contributed by atoms with Gasteiger partial charge in [0.25, 0.3) is 0 Å². The maximum Gasteiger partial charge on any atom is 0.226 e. The van der Waals surface area contributed by atoms with E-state index in [-0.39, 0.29) is 0 Å². The van der Waals surface area contributed by atoms with E-state index >= 15 is 0 Å². The van der Waals surface area contributed by atoms with Crippen LogP contribution in [0.15, 0.2) is 59.0 Å². The lowest BCUT2D eigenvalue weighted by molar-refractivity contribution is 0.340. The summed E-state index contributed by atoms with van der Waals surface area (Å²) in [4.78, 5) is 4.62. The van der Waals surface area contributed by atoms with E-state index in [9.17, 15) is 0 Å². The van der Waals surface area contributed by atoms with Crippen molar-refractivity contribution in [3.8, 4) is 28.5 Å². The molecule has 0 spiro atoms. The van der Waals surface area contributed by atoms with Crippen LogP contribution in [0.5, 0.6) is 5.75 Å². The molecule has 3 rings (SSSR count). The zero-order chi connectivity index (χ0) is 14.7. The molecule has 0 aliphatic rings. The summed E-state index contributed by atoms with van der Waals surface area (Å²) in [5.41, 5.74) is 2.89. The topological polar surface area (TPSA) is 35.3 Å². The summed E-state index contributed by atoms with van der Waals surface area (Å²) in [6.45, 7) is 4.58. The quantitative estimate of drug-likeness (QED) is 0.693. The van der Waals surface area contributed by atoms with E-state index in [0.717, 1.165) is 28.3 Å². The number of rotatable bonds is 4. The molecule has 0 amide bonds. The highest BCUT2D eigenvalue weighted by atomic mass is 16.5. The predicted octanol–water partition coefficient (Wildman–Crippen LogP) is 4.72. The van der Waals surface area contributed by atoms with Gasteiger partial charge in [0.15, 0.2) is 0 Å². The largest absolute Gasteiger partial charge is 0.494 e. The van der Waals surface area contributed by atoms with E-state index in [1.54, 1.807) is 0 Å². The molecule has 0 saturated heterocycles. The minimum Gasteiger partial charge on any atom is -0.494 e. The fraction of sp³-hybridized carbons (Fsp3) is 0.167. The van der Waals surface area contributed by atoms with Gasteiger partial charge in [-0.05, 0) is 50.2 Å². The van der Waals surface area contributed by atoms with Gasteiger partial charge < -0.3 is 9.15 Å². The average Bonchev–Trinajstić information content (AvgIpc) is 2.91. The second-order valence-electron chi connectivity index (χ2n) is 4.75. The van der Waals surface area contributed by atoms with E-state index < -0.39 is 0 Å². The van der Waals surface area contributed by atoms with Crippen molar-refractivity contribution in [3.05, 3.63) is 60.4 Å². The molecule has 106 valence electrons. The van der Waals surface area contributed by atoms with Crippen molar-refractivity contribution in [2.24, 2.45) is 0 Å². The Morgan fingerprint density at radius 1 is 0.952 bits per heavy atom. The Labute approximate surface area is 124 Å². The molecule has 0 bridgehead atoms. The Morgan fingerprint density at radius 2 is 1.67 bits per heavy atom. The molecule has 0 N–H and O–H groups in total. The number of aryl methyl sites for hydroxylation is 1. The fourth-order valence-corrected chi connectivity index (χ4v) is 2.24. The number of ether oxygens (including phenoxy) is 1. The first kappa shape index (κ1) is 13.4. The van der Waals surface area contributed by atoms with Gasteiger partial charge in [0, 0.05) is 11.1 Å². The molecule has 0 atom stereocenters. The number of hydrogen-bond acceptors (Lipinski definition) is 3. The average molecular weight is 279 g/mol. The number of hydrogen-bond donors (Lipinski definition) is 0. The maximum absolute atomic E-state index is 5.79. The van der Waals surface area contributed by atoms with Gasteiger partial charge in [-0.1, -0.05) is 18.2 Å². The molecule has 0 aliphatic carbocycles. The Bertz CT molecular complexity index is 715. The van der Waals surface area contributed by atoms with E-state index in [1.165, 1.54) is 0 Å². The Balaban J connectivity index is 1.94. The highest BCUT2D eigenvalue weighted by Gasteiger charge is 2.12. The van der Waals surface area contributed by atoms with Crippen LogP contribution in [-0.2, 0) is 0 Å². The molecule has 0 saturated carbocycles. The zero-order valence-corrected chi connectivity index (χ0v) is 12.2. The van der Waals surface area contributed by atoms with Crippen LogP contribution < -0.4 is 4.74 Å². The standard InChI is InChI=1S/C18H17NO2/c1-3-20-16-11-9-14(10-12-16)17-13(2)21-18(19-17)15-7-5-4-6-8-15/h4-12H,3H2,1-2H3. The first-order chi connectivity index (χ1) is 10.3. The third-order valence-electron chi connectivity index (χ3n) is 3.26. The monoisotopic (exact) mass is 279 g/mol. The summed E-state index contributed by atoms with van der Waals surface area (Å²) in [5.74, 6) is 2.33. The Morgan fingerprint density at radius 3 is 2.33 bits per heavy atom. The summed E-state index contributed by atoms with van der Waals surface area (Å²) < 4.78 is 11.2. The lowest BCUT2D eigenvalue weighted by Crippen LogP contribution is -1.90. The highest BCUT2D eigenvalue weighted by molar-refractivity contribution is 5.65. The van der Waals surface area contributed by atoms with Gasteiger partial charge in [0.2, 0.25) is 5.89 Å². The van der Waals surface area contributed by atoms with Crippen LogP contribution in [0.3, 0.4) is 0 Å². The predicted molar refractivity (Wildman–Crippen MR) is 83.3 cm³/mol. The second kappa shape index (κ2) is 5.83. The van der Waals surface area contributed by atoms with Gasteiger partial charge in [-0.25, -0.2) is 4.98 Å². The maximum atomic E-state index is 5.79. The summed E-state index contributed by atoms with van der Waals surface area (Å²) in [6.07, 6.45) is 0. The van der Waals surface area contributed by atoms with Crippen LogP contribution in [-0.4, -0.2) is 11.6 Å². The molecule has 21 heavy (non-hydrogen) atoms. The van der Waals surface area contributed by atoms with Crippen molar-refractivity contribution in [1.82, 2.24) is 4.98 Å². The minimum atomic E-state index is 0.650. The van der Waals surface area contributed by atoms with Crippen molar-refractivity contribution in [1.29, 1.82) is 0 Å². The van der Waals surface area contributed by atoms with Gasteiger partial charge in [0.05, 0.1) is 6.61 Å². The molecule has 2 aromatic carbocycles. The van der Waals surface area contributed by atoms with E-state index in [1.807, 2.05) is 68.4 Å². The second-order valence-corrected chi connectivity index (χ2v) is 4.75. The molecule has 0 radical (unpaired) electrons. The molecule has 0 unspecified atom stereocenters. The van der Waals surface area contributed by atoms with Crippen molar-refractivity contribution in [2.45, 2.75) is 13.8 Å². The normalized spacial score (nSPS) is 10.6. The third kappa shape index (κ3) is 2.82. The molecule has 3 heteroatoms. The van der Waals surface area contributed by atoms with Gasteiger partial charge in [-0.2, -0.15) is 0 Å². The number of aromatic nitrogens is 1. The smallest absolute Gasteiger partial charge is 0.226 e. The van der Waals surface area contributed by atoms with Crippen LogP contribution >= 0.6 is 0 Å². The molecule has 3 aromatic rings. The first-order valence-electron chi connectivity index (χ1n) is 7.04. The van der Waals surface area contributed by atoms with Crippen LogP contribution in [0.1, 0.15) is 12.7 Å². The van der Waals surface area contributed by atoms with Crippen LogP contribution in [0.4, 0.5) is 0 Å². The Kier molecular flexibility index (Phi) is 3.73. The number of benzene rings is 2. The van der Waals surface area contributed by atoms with E-state index in [4.69, 9.17) is 9.15 Å². The molecule has 0 fully saturated rings. The molecular formula is C18H17NO2. The highest BCUT2D eigenvalue weighted by Crippen LogP contribution is 2.29. The van der Waals surface area contributed by atoms with Crippen LogP contribution in [0, 0.1) is 6.92 Å². The summed E-state index contributed by atoms with van der Waals surface area (Å²) in [5, 5.41) is 0. The fourth-order valence-electron chi connectivity index (χ4n) is 2.24. The van der Waals surface area contributed by atoms with Crippen molar-refractivity contribution in [3.63, 3.8) is 0 Å². The van der Waals surface area contributed by atoms with E-state index in [0.29, 0.717) is 12.5 Å². The van der Waals surface area contributed by atoms with E-state index in [2.05, 4.69) is 4.98 Å². The van der Waals surface area contributed by atoms with Crippen molar-refractivity contribution < 1.29 is 9.15 Å². The summed E-state index contributed by atoms with van der Waals surface area (Å²) >= 11 is 0. The molecule has 1 heterocycles. The third-order valence-corrected chi connectivity index (χ3v) is 3.26. The minimum absolute atomic E-state index is 0.650. The summed E-state index contributed by atoms with van der Waals surface area (Å²) in [7, 11) is 0. The van der Waals surface area contributed by atoms with Gasteiger partial charge in [-0.3, -0.25) is 0 Å². The zero-order valence-electron chi connectivity index (χ0n) is 12.2. The van der Waals surface area contributed by atoms with Crippen LogP contribution in [0.2, 0.25) is 0 Å². The van der Waals surface area contributed by atoms with Crippen molar-refractivity contribution >= 4 is 0 Å². The lowest BCUT2D eigenvalue weighted by Gasteiger charge is -2.03. The van der Waals surface area contributed by atoms with Gasteiger partial charge >= 0.3 is 0 Å². The molecule has 0 aliphatic heterocycles. The number of oxazole rings is 1. The number of nitrogens with zero attached hydrogens (tertiary/aromatic N) is 1. The molecule has 1 aromatic heterocycles. The lowest BCUT2D eigenvalue weighted by atomic mass is 10.1. The Hall–Kier alpha value is -2.55. The van der Waals surface area contributed by atoms with Crippen LogP contribution in [0.25, 0.3) is 22.7 Å².